The molecule has 0 aliphatic heterocycles. The molecule has 0 saturated heterocycles. The molecule has 0 aliphatic rings. The van der Waals surface area contributed by atoms with Crippen LogP contribution in [0.4, 0.5) is 28.8 Å². The quantitative estimate of drug-likeness (QED) is 0.660. The number of nitrogens with zero attached hydrogens (tertiary/aromatic N) is 3. The molecule has 3 N–H and O–H groups in total. The third-order valence-electron chi connectivity index (χ3n) is 3.32. The first-order chi connectivity index (χ1) is 12.1. The molecule has 0 spiro atoms. The SMILES string of the molecule is CC(=O)Nc1ccc(Nc2cc(Nc3cc(C)ccn3)ncn2)cc1. The summed E-state index contributed by atoms with van der Waals surface area (Å²) in [4.78, 5) is 23.7. The fourth-order valence-corrected chi connectivity index (χ4v) is 2.22. The Labute approximate surface area is 145 Å². The van der Waals surface area contributed by atoms with E-state index in [2.05, 4.69) is 30.9 Å². The van der Waals surface area contributed by atoms with E-state index in [1.807, 2.05) is 43.3 Å². The van der Waals surface area contributed by atoms with Crippen LogP contribution in [0.1, 0.15) is 12.5 Å². The van der Waals surface area contributed by atoms with Crippen molar-refractivity contribution >= 4 is 34.7 Å². The van der Waals surface area contributed by atoms with Crippen LogP contribution in [0.5, 0.6) is 0 Å². The van der Waals surface area contributed by atoms with Crippen molar-refractivity contribution in [1.82, 2.24) is 15.0 Å². The van der Waals surface area contributed by atoms with Crippen molar-refractivity contribution in [2.45, 2.75) is 13.8 Å². The summed E-state index contributed by atoms with van der Waals surface area (Å²) in [5.74, 6) is 1.92. The number of aromatic nitrogens is 3. The topological polar surface area (TPSA) is 91.8 Å². The predicted molar refractivity (Wildman–Crippen MR) is 98.3 cm³/mol. The van der Waals surface area contributed by atoms with E-state index >= 15 is 0 Å². The first-order valence-corrected chi connectivity index (χ1v) is 7.75. The van der Waals surface area contributed by atoms with Gasteiger partial charge in [0.2, 0.25) is 5.91 Å². The van der Waals surface area contributed by atoms with Crippen LogP contribution >= 0.6 is 0 Å². The molecule has 0 saturated carbocycles. The molecular weight excluding hydrogens is 316 g/mol. The molecule has 0 fully saturated rings. The van der Waals surface area contributed by atoms with Crippen LogP contribution < -0.4 is 16.0 Å². The summed E-state index contributed by atoms with van der Waals surface area (Å²) in [6, 6.07) is 13.0. The summed E-state index contributed by atoms with van der Waals surface area (Å²) < 4.78 is 0. The van der Waals surface area contributed by atoms with E-state index in [1.54, 1.807) is 12.3 Å². The summed E-state index contributed by atoms with van der Waals surface area (Å²) in [7, 11) is 0. The number of carbonyl (C=O) groups is 1. The van der Waals surface area contributed by atoms with Crippen LogP contribution in [0.25, 0.3) is 0 Å². The van der Waals surface area contributed by atoms with Crippen LogP contribution in [-0.2, 0) is 4.79 Å². The lowest BCUT2D eigenvalue weighted by atomic mass is 10.2. The lowest BCUT2D eigenvalue weighted by Gasteiger charge is -2.09. The van der Waals surface area contributed by atoms with E-state index in [0.29, 0.717) is 11.6 Å². The zero-order valence-electron chi connectivity index (χ0n) is 13.9. The Hall–Kier alpha value is -3.48. The van der Waals surface area contributed by atoms with Crippen molar-refractivity contribution in [3.8, 4) is 0 Å². The number of aryl methyl sites for hydroxylation is 1. The highest BCUT2D eigenvalue weighted by Crippen LogP contribution is 2.20. The van der Waals surface area contributed by atoms with Crippen LogP contribution in [0.3, 0.4) is 0 Å². The number of benzene rings is 1. The predicted octanol–water partition coefficient (Wildman–Crippen LogP) is 3.63. The first kappa shape index (κ1) is 16.4. The Bertz CT molecular complexity index is 879. The number of hydrogen-bond acceptors (Lipinski definition) is 6. The Kier molecular flexibility index (Phi) is 4.84. The zero-order chi connectivity index (χ0) is 17.6. The third-order valence-corrected chi connectivity index (χ3v) is 3.32. The lowest BCUT2D eigenvalue weighted by molar-refractivity contribution is -0.114. The van der Waals surface area contributed by atoms with Crippen molar-refractivity contribution < 1.29 is 4.79 Å². The monoisotopic (exact) mass is 334 g/mol. The van der Waals surface area contributed by atoms with Gasteiger partial charge in [-0.2, -0.15) is 0 Å². The van der Waals surface area contributed by atoms with Gasteiger partial charge in [-0.1, -0.05) is 0 Å². The van der Waals surface area contributed by atoms with E-state index < -0.39 is 0 Å². The van der Waals surface area contributed by atoms with E-state index in [0.717, 1.165) is 22.8 Å². The second-order valence-corrected chi connectivity index (χ2v) is 5.52. The zero-order valence-corrected chi connectivity index (χ0v) is 13.9. The largest absolute Gasteiger partial charge is 0.340 e. The minimum Gasteiger partial charge on any atom is -0.340 e. The summed E-state index contributed by atoms with van der Waals surface area (Å²) in [6.07, 6.45) is 3.22. The summed E-state index contributed by atoms with van der Waals surface area (Å²) in [5.41, 5.74) is 2.71. The molecule has 7 nitrogen and oxygen atoms in total. The normalized spacial score (nSPS) is 10.2. The van der Waals surface area contributed by atoms with Crippen LogP contribution in [0.15, 0.2) is 55.0 Å². The van der Waals surface area contributed by atoms with Gasteiger partial charge in [-0.15, -0.1) is 0 Å². The van der Waals surface area contributed by atoms with Crippen molar-refractivity contribution in [3.05, 3.63) is 60.6 Å². The summed E-state index contributed by atoms with van der Waals surface area (Å²) >= 11 is 0. The molecule has 25 heavy (non-hydrogen) atoms. The molecule has 1 aromatic carbocycles. The number of hydrogen-bond donors (Lipinski definition) is 3. The minimum atomic E-state index is -0.100. The van der Waals surface area contributed by atoms with Crippen molar-refractivity contribution in [1.29, 1.82) is 0 Å². The maximum atomic E-state index is 11.0. The minimum absolute atomic E-state index is 0.100. The van der Waals surface area contributed by atoms with Crippen molar-refractivity contribution in [3.63, 3.8) is 0 Å². The van der Waals surface area contributed by atoms with Gasteiger partial charge < -0.3 is 16.0 Å². The summed E-state index contributed by atoms with van der Waals surface area (Å²) in [5, 5.41) is 9.08. The number of anilines is 5. The van der Waals surface area contributed by atoms with E-state index in [-0.39, 0.29) is 5.91 Å². The average Bonchev–Trinajstić information content (AvgIpc) is 2.57. The van der Waals surface area contributed by atoms with Crippen LogP contribution in [-0.4, -0.2) is 20.9 Å². The molecule has 0 atom stereocenters. The van der Waals surface area contributed by atoms with Crippen molar-refractivity contribution in [2.75, 3.05) is 16.0 Å². The van der Waals surface area contributed by atoms with Gasteiger partial charge >= 0.3 is 0 Å². The fraction of sp³-hybridized carbons (Fsp3) is 0.111. The number of nitrogens with one attached hydrogen (secondary N) is 3. The van der Waals surface area contributed by atoms with Gasteiger partial charge in [-0.25, -0.2) is 15.0 Å². The number of amides is 1. The van der Waals surface area contributed by atoms with Gasteiger partial charge in [-0.05, 0) is 48.9 Å². The number of pyridine rings is 1. The molecule has 2 heterocycles. The standard InChI is InChI=1S/C18H18N6O/c1-12-7-8-19-16(9-12)24-18-10-17(20-11-21-18)23-15-5-3-14(4-6-15)22-13(2)25/h3-11H,1-2H3,(H,22,25)(H2,19,20,21,23,24). The molecule has 7 heteroatoms. The lowest BCUT2D eigenvalue weighted by Crippen LogP contribution is -2.05. The highest BCUT2D eigenvalue weighted by Gasteiger charge is 2.02. The molecule has 126 valence electrons. The molecule has 3 rings (SSSR count). The molecule has 0 unspecified atom stereocenters. The molecule has 0 aliphatic carbocycles. The Balaban J connectivity index is 1.70. The van der Waals surface area contributed by atoms with Gasteiger partial charge in [0, 0.05) is 30.6 Å². The maximum absolute atomic E-state index is 11.0. The molecule has 0 bridgehead atoms. The molecule has 1 amide bonds. The highest BCUT2D eigenvalue weighted by atomic mass is 16.1. The Morgan fingerprint density at radius 1 is 0.840 bits per heavy atom. The first-order valence-electron chi connectivity index (χ1n) is 7.75. The smallest absolute Gasteiger partial charge is 0.221 e. The van der Waals surface area contributed by atoms with Crippen molar-refractivity contribution in [2.24, 2.45) is 0 Å². The van der Waals surface area contributed by atoms with Gasteiger partial charge in [0.1, 0.15) is 23.8 Å². The van der Waals surface area contributed by atoms with Crippen LogP contribution in [0, 0.1) is 6.92 Å². The van der Waals surface area contributed by atoms with E-state index in [1.165, 1.54) is 13.3 Å². The second kappa shape index (κ2) is 7.39. The van der Waals surface area contributed by atoms with Gasteiger partial charge in [-0.3, -0.25) is 4.79 Å². The van der Waals surface area contributed by atoms with Gasteiger partial charge in [0.25, 0.3) is 0 Å². The van der Waals surface area contributed by atoms with Gasteiger partial charge in [0.05, 0.1) is 0 Å². The van der Waals surface area contributed by atoms with E-state index in [4.69, 9.17) is 0 Å². The molecule has 3 aromatic rings. The number of rotatable bonds is 5. The van der Waals surface area contributed by atoms with Gasteiger partial charge in [0.15, 0.2) is 0 Å². The molecular formula is C18H18N6O. The second-order valence-electron chi connectivity index (χ2n) is 5.52. The maximum Gasteiger partial charge on any atom is 0.221 e. The number of carbonyl (C=O) groups excluding carboxylic acids is 1. The third kappa shape index (κ3) is 4.74. The Morgan fingerprint density at radius 2 is 1.48 bits per heavy atom. The molecule has 0 radical (unpaired) electrons. The fourth-order valence-electron chi connectivity index (χ4n) is 2.22. The average molecular weight is 334 g/mol. The van der Waals surface area contributed by atoms with E-state index in [9.17, 15) is 4.79 Å². The highest BCUT2D eigenvalue weighted by molar-refractivity contribution is 5.88. The molecule has 2 aromatic heterocycles. The summed E-state index contributed by atoms with van der Waals surface area (Å²) in [6.45, 7) is 3.48. The Morgan fingerprint density at radius 3 is 2.16 bits per heavy atom. The van der Waals surface area contributed by atoms with Crippen LogP contribution in [0.2, 0.25) is 0 Å².